The minimum Gasteiger partial charge on any atom is -0.447 e. The topological polar surface area (TPSA) is 87.9 Å². The van der Waals surface area contributed by atoms with Crippen LogP contribution in [-0.2, 0) is 13.1 Å². The number of benzene rings is 2. The molecule has 2 aromatic carbocycles. The number of hydrogen-bond donors (Lipinski definition) is 0. The van der Waals surface area contributed by atoms with E-state index >= 15 is 0 Å². The summed E-state index contributed by atoms with van der Waals surface area (Å²) >= 11 is 1.44. The Kier molecular flexibility index (Phi) is 4.77. The van der Waals surface area contributed by atoms with E-state index in [2.05, 4.69) is 4.98 Å². The van der Waals surface area contributed by atoms with Crippen LogP contribution >= 0.6 is 11.3 Å². The van der Waals surface area contributed by atoms with Crippen LogP contribution in [0.5, 0.6) is 0 Å². The molecule has 0 atom stereocenters. The van der Waals surface area contributed by atoms with E-state index in [0.29, 0.717) is 34.2 Å². The SMILES string of the molecule is Cc1c2c(=O)n(-c3nc4ccccc4s3)n(Cc3ccccc3)c2cc(=O)n1Cc1ncco1. The molecule has 4 aromatic heterocycles. The number of hydrogen-bond acceptors (Lipinski definition) is 6. The molecule has 6 rings (SSSR count). The summed E-state index contributed by atoms with van der Waals surface area (Å²) in [4.78, 5) is 35.8. The molecule has 0 saturated carbocycles. The first-order valence-corrected chi connectivity index (χ1v) is 11.6. The molecule has 0 unspecified atom stereocenters. The van der Waals surface area contributed by atoms with Gasteiger partial charge in [-0.2, -0.15) is 4.68 Å². The maximum absolute atomic E-state index is 13.9. The van der Waals surface area contributed by atoms with Gasteiger partial charge in [0.15, 0.2) is 0 Å². The van der Waals surface area contributed by atoms with E-state index in [1.807, 2.05) is 59.3 Å². The Morgan fingerprint density at radius 1 is 1.00 bits per heavy atom. The number of fused-ring (bicyclic) bond motifs is 2. The minimum atomic E-state index is -0.230. The van der Waals surface area contributed by atoms with Crippen LogP contribution in [0.25, 0.3) is 26.3 Å². The van der Waals surface area contributed by atoms with Crippen molar-refractivity contribution < 1.29 is 4.42 Å². The molecule has 0 bridgehead atoms. The average molecular weight is 470 g/mol. The lowest BCUT2D eigenvalue weighted by Crippen LogP contribution is -2.24. The predicted octanol–water partition coefficient (Wildman–Crippen LogP) is 3.96. The third-order valence-electron chi connectivity index (χ3n) is 5.89. The molecule has 34 heavy (non-hydrogen) atoms. The second kappa shape index (κ2) is 7.96. The zero-order valence-electron chi connectivity index (χ0n) is 18.2. The molecular weight excluding hydrogens is 450 g/mol. The van der Waals surface area contributed by atoms with Crippen molar-refractivity contribution in [3.8, 4) is 5.13 Å². The molecule has 9 heteroatoms. The highest BCUT2D eigenvalue weighted by molar-refractivity contribution is 7.20. The molecule has 0 amide bonds. The Morgan fingerprint density at radius 2 is 1.79 bits per heavy atom. The van der Waals surface area contributed by atoms with Gasteiger partial charge in [0.1, 0.15) is 12.8 Å². The van der Waals surface area contributed by atoms with Gasteiger partial charge in [-0.15, -0.1) is 0 Å². The molecule has 0 spiro atoms. The van der Waals surface area contributed by atoms with Gasteiger partial charge in [0.25, 0.3) is 11.1 Å². The number of nitrogens with zero attached hydrogens (tertiary/aromatic N) is 5. The lowest BCUT2D eigenvalue weighted by molar-refractivity contribution is 0.472. The normalized spacial score (nSPS) is 11.6. The molecule has 168 valence electrons. The van der Waals surface area contributed by atoms with E-state index in [1.165, 1.54) is 34.4 Å². The molecule has 6 aromatic rings. The number of oxazole rings is 1. The number of para-hydroxylation sites is 1. The van der Waals surface area contributed by atoms with Gasteiger partial charge in [-0.3, -0.25) is 14.3 Å². The van der Waals surface area contributed by atoms with E-state index in [-0.39, 0.29) is 17.7 Å². The van der Waals surface area contributed by atoms with Crippen LogP contribution in [0.3, 0.4) is 0 Å². The molecule has 0 fully saturated rings. The number of pyridine rings is 1. The third kappa shape index (κ3) is 3.29. The van der Waals surface area contributed by atoms with Crippen molar-refractivity contribution >= 4 is 32.5 Å². The van der Waals surface area contributed by atoms with Crippen molar-refractivity contribution in [3.63, 3.8) is 0 Å². The number of aromatic nitrogens is 5. The van der Waals surface area contributed by atoms with Gasteiger partial charge in [-0.25, -0.2) is 9.97 Å². The Morgan fingerprint density at radius 3 is 2.56 bits per heavy atom. The van der Waals surface area contributed by atoms with Gasteiger partial charge < -0.3 is 8.98 Å². The van der Waals surface area contributed by atoms with Crippen molar-refractivity contribution in [2.24, 2.45) is 0 Å². The molecule has 4 heterocycles. The number of thiazole rings is 1. The van der Waals surface area contributed by atoms with E-state index < -0.39 is 0 Å². The van der Waals surface area contributed by atoms with Crippen molar-refractivity contribution in [3.05, 3.63) is 111 Å². The van der Waals surface area contributed by atoms with E-state index in [4.69, 9.17) is 9.40 Å². The van der Waals surface area contributed by atoms with Crippen LogP contribution in [0, 0.1) is 6.92 Å². The summed E-state index contributed by atoms with van der Waals surface area (Å²) in [7, 11) is 0. The molecule has 0 saturated heterocycles. The fraction of sp³-hybridized carbons (Fsp3) is 0.120. The van der Waals surface area contributed by atoms with Crippen LogP contribution in [0.2, 0.25) is 0 Å². The van der Waals surface area contributed by atoms with Gasteiger partial charge in [0, 0.05) is 11.8 Å². The fourth-order valence-corrected chi connectivity index (χ4v) is 5.23. The molecular formula is C25H19N5O3S. The molecule has 0 radical (unpaired) electrons. The summed E-state index contributed by atoms with van der Waals surface area (Å²) in [5.41, 5.74) is 2.52. The number of rotatable bonds is 5. The van der Waals surface area contributed by atoms with E-state index in [0.717, 1.165) is 15.8 Å². The summed E-state index contributed by atoms with van der Waals surface area (Å²) < 4.78 is 11.3. The summed E-state index contributed by atoms with van der Waals surface area (Å²) in [6.07, 6.45) is 3.00. The second-order valence-electron chi connectivity index (χ2n) is 7.96. The smallest absolute Gasteiger partial charge is 0.283 e. The Bertz CT molecular complexity index is 1730. The largest absolute Gasteiger partial charge is 0.447 e. The number of aryl methyl sites for hydroxylation is 1. The quantitative estimate of drug-likeness (QED) is 0.381. The van der Waals surface area contributed by atoms with Crippen LogP contribution < -0.4 is 11.1 Å². The van der Waals surface area contributed by atoms with Gasteiger partial charge in [-0.1, -0.05) is 53.8 Å². The zero-order chi connectivity index (χ0) is 23.2. The molecule has 0 aliphatic rings. The molecule has 8 nitrogen and oxygen atoms in total. The van der Waals surface area contributed by atoms with Crippen LogP contribution in [0.15, 0.2) is 87.1 Å². The first-order valence-electron chi connectivity index (χ1n) is 10.7. The van der Waals surface area contributed by atoms with Crippen LogP contribution in [0.4, 0.5) is 0 Å². The van der Waals surface area contributed by atoms with Crippen LogP contribution in [0.1, 0.15) is 17.1 Å². The first-order chi connectivity index (χ1) is 16.6. The minimum absolute atomic E-state index is 0.151. The van der Waals surface area contributed by atoms with E-state index in [9.17, 15) is 9.59 Å². The lowest BCUT2D eigenvalue weighted by Gasteiger charge is -2.12. The average Bonchev–Trinajstić information content (AvgIpc) is 3.56. The fourth-order valence-electron chi connectivity index (χ4n) is 4.26. The zero-order valence-corrected chi connectivity index (χ0v) is 19.0. The summed E-state index contributed by atoms with van der Waals surface area (Å²) in [6, 6.07) is 19.1. The summed E-state index contributed by atoms with van der Waals surface area (Å²) in [5, 5.41) is 1.03. The van der Waals surface area contributed by atoms with Gasteiger partial charge in [0.05, 0.1) is 33.9 Å². The van der Waals surface area contributed by atoms with Gasteiger partial charge >= 0.3 is 0 Å². The lowest BCUT2D eigenvalue weighted by atomic mass is 10.2. The van der Waals surface area contributed by atoms with Crippen molar-refractivity contribution in [2.75, 3.05) is 0 Å². The second-order valence-corrected chi connectivity index (χ2v) is 8.97. The molecule has 0 aliphatic heterocycles. The standard InChI is InChI=1S/C25H19N5O3S/c1-16-23-19(13-22(31)28(16)15-21-26-11-12-33-21)29(14-17-7-3-2-4-8-17)30(24(23)32)25-27-18-9-5-6-10-20(18)34-25/h2-13H,14-15H2,1H3. The van der Waals surface area contributed by atoms with Crippen LogP contribution in [-0.4, -0.2) is 23.9 Å². The Labute approximate surface area is 197 Å². The Balaban J connectivity index is 1.64. The molecule has 0 aliphatic carbocycles. The maximum atomic E-state index is 13.9. The molecule has 0 N–H and O–H groups in total. The highest BCUT2D eigenvalue weighted by atomic mass is 32.1. The Hall–Kier alpha value is -4.24. The van der Waals surface area contributed by atoms with Crippen molar-refractivity contribution in [1.82, 2.24) is 23.9 Å². The van der Waals surface area contributed by atoms with Gasteiger partial charge in [-0.05, 0) is 24.6 Å². The van der Waals surface area contributed by atoms with Crippen molar-refractivity contribution in [1.29, 1.82) is 0 Å². The van der Waals surface area contributed by atoms with Gasteiger partial charge in [0.2, 0.25) is 11.0 Å². The summed E-state index contributed by atoms with van der Waals surface area (Å²) in [6.45, 7) is 2.35. The predicted molar refractivity (Wildman–Crippen MR) is 131 cm³/mol. The summed E-state index contributed by atoms with van der Waals surface area (Å²) in [5.74, 6) is 0.403. The third-order valence-corrected chi connectivity index (χ3v) is 6.90. The van der Waals surface area contributed by atoms with Crippen molar-refractivity contribution in [2.45, 2.75) is 20.0 Å². The maximum Gasteiger partial charge on any atom is 0.283 e. The van der Waals surface area contributed by atoms with E-state index in [1.54, 1.807) is 11.6 Å². The first kappa shape index (κ1) is 20.4. The highest BCUT2D eigenvalue weighted by Crippen LogP contribution is 2.26. The monoisotopic (exact) mass is 469 g/mol. The highest BCUT2D eigenvalue weighted by Gasteiger charge is 2.22.